The van der Waals surface area contributed by atoms with E-state index in [1.54, 1.807) is 4.57 Å². The Kier molecular flexibility index (Phi) is 3.48. The zero-order chi connectivity index (χ0) is 19.4. The van der Waals surface area contributed by atoms with Crippen LogP contribution in [0.4, 0.5) is 5.95 Å². The summed E-state index contributed by atoms with van der Waals surface area (Å²) in [5, 5.41) is 8.37. The molecule has 2 aliphatic rings. The van der Waals surface area contributed by atoms with Crippen LogP contribution >= 0.6 is 0 Å². The molecule has 0 spiro atoms. The van der Waals surface area contributed by atoms with Crippen molar-refractivity contribution >= 4 is 46.3 Å². The molecular weight excluding hydrogens is 352 g/mol. The van der Waals surface area contributed by atoms with Crippen molar-refractivity contribution in [3.8, 4) is 0 Å². The maximum Gasteiger partial charge on any atom is 0.254 e. The van der Waals surface area contributed by atoms with E-state index in [1.807, 2.05) is 45.2 Å². The largest absolute Gasteiger partial charge is 0.355 e. The van der Waals surface area contributed by atoms with E-state index in [1.165, 1.54) is 0 Å². The van der Waals surface area contributed by atoms with Gasteiger partial charge in [-0.15, -0.1) is 10.2 Å². The molecule has 0 fully saturated rings. The fourth-order valence-corrected chi connectivity index (χ4v) is 3.48. The van der Waals surface area contributed by atoms with E-state index in [4.69, 9.17) is 0 Å². The smallest absolute Gasteiger partial charge is 0.254 e. The summed E-state index contributed by atoms with van der Waals surface area (Å²) in [6.07, 6.45) is 3.94. The van der Waals surface area contributed by atoms with Crippen LogP contribution in [0.15, 0.2) is 23.2 Å². The third-order valence-electron chi connectivity index (χ3n) is 4.94. The lowest BCUT2D eigenvalue weighted by molar-refractivity contribution is 0.967. The van der Waals surface area contributed by atoms with Gasteiger partial charge in [-0.05, 0) is 50.6 Å². The van der Waals surface area contributed by atoms with E-state index in [-0.39, 0.29) is 0 Å². The average molecular weight is 370 g/mol. The molecule has 0 saturated carbocycles. The van der Waals surface area contributed by atoms with Crippen LogP contribution in [0.2, 0.25) is 0 Å². The molecule has 0 aromatic carbocycles. The molecule has 138 valence electrons. The number of H-pyrrole nitrogens is 1. The maximum absolute atomic E-state index is 4.65. The zero-order valence-electron chi connectivity index (χ0n) is 16.0. The van der Waals surface area contributed by atoms with Gasteiger partial charge in [0.1, 0.15) is 0 Å². The van der Waals surface area contributed by atoms with Crippen LogP contribution in [-0.4, -0.2) is 40.4 Å². The minimum atomic E-state index is 0.380. The quantitative estimate of drug-likeness (QED) is 0.511. The Hall–Kier alpha value is -3.68. The number of rotatable bonds is 0. The molecule has 8 heteroatoms. The summed E-state index contributed by atoms with van der Waals surface area (Å²) in [4.78, 5) is 21.7. The lowest BCUT2D eigenvalue weighted by atomic mass is 10.1. The maximum atomic E-state index is 4.65. The number of hydrogen-bond acceptors (Lipinski definition) is 6. The van der Waals surface area contributed by atoms with Gasteiger partial charge < -0.3 is 4.98 Å². The molecule has 0 aliphatic carbocycles. The molecular formula is C20H18N8. The second-order valence-electron chi connectivity index (χ2n) is 6.98. The monoisotopic (exact) mass is 370 g/mol. The van der Waals surface area contributed by atoms with Gasteiger partial charge in [-0.3, -0.25) is 4.57 Å². The molecule has 2 aliphatic heterocycles. The first kappa shape index (κ1) is 16.5. The predicted molar refractivity (Wildman–Crippen MR) is 109 cm³/mol. The van der Waals surface area contributed by atoms with Crippen LogP contribution in [0.1, 0.15) is 35.1 Å². The lowest BCUT2D eigenvalue weighted by Gasteiger charge is -1.97. The molecule has 28 heavy (non-hydrogen) atoms. The number of nitrogens with one attached hydrogen (secondary N) is 1. The summed E-state index contributed by atoms with van der Waals surface area (Å²) in [5.74, 6) is 0.829. The Morgan fingerprint density at radius 3 is 2.50 bits per heavy atom. The van der Waals surface area contributed by atoms with Crippen molar-refractivity contribution < 1.29 is 0 Å². The third-order valence-corrected chi connectivity index (χ3v) is 4.94. The normalized spacial score (nSPS) is 13.1. The van der Waals surface area contributed by atoms with Crippen molar-refractivity contribution in [1.82, 2.24) is 34.7 Å². The lowest BCUT2D eigenvalue weighted by Crippen LogP contribution is -1.95. The molecule has 8 bridgehead atoms. The molecule has 0 radical (unpaired) electrons. The van der Waals surface area contributed by atoms with Gasteiger partial charge in [0.25, 0.3) is 11.7 Å². The molecule has 0 unspecified atom stereocenters. The summed E-state index contributed by atoms with van der Waals surface area (Å²) >= 11 is 0. The Morgan fingerprint density at radius 2 is 1.68 bits per heavy atom. The molecule has 5 rings (SSSR count). The van der Waals surface area contributed by atoms with Gasteiger partial charge >= 0.3 is 0 Å². The average Bonchev–Trinajstić information content (AvgIpc) is 3.40. The number of aromatic nitrogens is 7. The van der Waals surface area contributed by atoms with Crippen molar-refractivity contribution in [3.63, 3.8) is 0 Å². The minimum Gasteiger partial charge on any atom is -0.355 e. The van der Waals surface area contributed by atoms with Crippen LogP contribution < -0.4 is 0 Å². The Labute approximate surface area is 160 Å². The van der Waals surface area contributed by atoms with Crippen LogP contribution in [-0.2, 0) is 7.05 Å². The summed E-state index contributed by atoms with van der Waals surface area (Å²) in [7, 11) is 1.86. The van der Waals surface area contributed by atoms with Gasteiger partial charge in [-0.2, -0.15) is 4.98 Å². The molecule has 0 saturated heterocycles. The highest BCUT2D eigenvalue weighted by Gasteiger charge is 2.14. The van der Waals surface area contributed by atoms with Gasteiger partial charge in [0.2, 0.25) is 0 Å². The summed E-state index contributed by atoms with van der Waals surface area (Å²) in [6, 6.07) is 6.01. The second kappa shape index (κ2) is 5.91. The fourth-order valence-electron chi connectivity index (χ4n) is 3.48. The van der Waals surface area contributed by atoms with Crippen molar-refractivity contribution in [2.45, 2.75) is 20.8 Å². The Balaban J connectivity index is 1.94. The number of hydrogen-bond donors (Lipinski definition) is 1. The number of aliphatic imine (C=N–C) groups is 1. The van der Waals surface area contributed by atoms with Crippen LogP contribution in [0.5, 0.6) is 0 Å². The minimum absolute atomic E-state index is 0.380. The first-order valence-electron chi connectivity index (χ1n) is 8.97. The fraction of sp³-hybridized carbons (Fsp3) is 0.200. The highest BCUT2D eigenvalue weighted by molar-refractivity contribution is 6.02. The Morgan fingerprint density at radius 1 is 0.893 bits per heavy atom. The van der Waals surface area contributed by atoms with E-state index in [0.29, 0.717) is 17.4 Å². The molecule has 1 N–H and O–H groups in total. The van der Waals surface area contributed by atoms with E-state index in [9.17, 15) is 0 Å². The van der Waals surface area contributed by atoms with Gasteiger partial charge in [0, 0.05) is 29.7 Å². The standard InChI is InChI=1S/C20H18N8/c1-10-7-15-8-13-5-6-14(22-13)9-16-26-27-20(28(16)4)25-19-21-12(3)18(24-19)11(2)17(10)23-15/h5-9,23H,1-4H3. The molecule has 3 aromatic rings. The summed E-state index contributed by atoms with van der Waals surface area (Å²) < 4.78 is 1.80. The number of nitrogens with zero attached hydrogens (tertiary/aromatic N) is 7. The highest BCUT2D eigenvalue weighted by atomic mass is 15.3. The predicted octanol–water partition coefficient (Wildman–Crippen LogP) is 3.44. The highest BCUT2D eigenvalue weighted by Crippen LogP contribution is 2.23. The van der Waals surface area contributed by atoms with Crippen LogP contribution in [0.3, 0.4) is 0 Å². The molecule has 0 amide bonds. The molecule has 0 atom stereocenters. The van der Waals surface area contributed by atoms with E-state index < -0.39 is 0 Å². The van der Waals surface area contributed by atoms with E-state index in [0.717, 1.165) is 45.0 Å². The first-order valence-corrected chi connectivity index (χ1v) is 8.97. The first-order chi connectivity index (χ1) is 13.5. The third kappa shape index (κ3) is 2.61. The van der Waals surface area contributed by atoms with Gasteiger partial charge in [-0.1, -0.05) is 0 Å². The van der Waals surface area contributed by atoms with Gasteiger partial charge in [0.15, 0.2) is 5.65 Å². The number of aryl methyl sites for hydroxylation is 3. The number of aromatic amines is 1. The van der Waals surface area contributed by atoms with Crippen molar-refractivity contribution in [2.24, 2.45) is 12.0 Å². The van der Waals surface area contributed by atoms with Crippen molar-refractivity contribution in [2.75, 3.05) is 0 Å². The molecule has 8 nitrogen and oxygen atoms in total. The van der Waals surface area contributed by atoms with Gasteiger partial charge in [0.05, 0.1) is 22.8 Å². The summed E-state index contributed by atoms with van der Waals surface area (Å²) in [5.41, 5.74) is 8.21. The molecule has 3 aromatic heterocycles. The van der Waals surface area contributed by atoms with Gasteiger partial charge in [-0.25, -0.2) is 15.0 Å². The van der Waals surface area contributed by atoms with Crippen molar-refractivity contribution in [1.29, 1.82) is 0 Å². The van der Waals surface area contributed by atoms with Crippen LogP contribution in [0.25, 0.3) is 34.6 Å². The van der Waals surface area contributed by atoms with E-state index in [2.05, 4.69) is 48.1 Å². The number of fused-ring (bicyclic) bond motifs is 8. The van der Waals surface area contributed by atoms with Crippen molar-refractivity contribution in [3.05, 3.63) is 46.4 Å². The zero-order valence-corrected chi connectivity index (χ0v) is 16.0. The van der Waals surface area contributed by atoms with E-state index >= 15 is 0 Å². The second-order valence-corrected chi connectivity index (χ2v) is 6.98. The van der Waals surface area contributed by atoms with Crippen LogP contribution in [0, 0.1) is 13.8 Å². The summed E-state index contributed by atoms with van der Waals surface area (Å²) in [6.45, 7) is 6.06. The molecule has 5 heterocycles. The SMILES string of the molecule is CC1=Nc2nc1c(C)c1[nH]c(cc3nc(cc4nnc(n2)n4C)C=C3)cc1C. The Bertz CT molecular complexity index is 1350. The topological polar surface area (TPSA) is 97.5 Å².